The van der Waals surface area contributed by atoms with Crippen LogP contribution in [0, 0.1) is 28.1 Å². The molecule has 0 amide bonds. The minimum atomic E-state index is -0.956. The lowest BCUT2D eigenvalue weighted by Gasteiger charge is -2.59. The number of carbonyl (C=O) groups is 2. The molecule has 0 saturated heterocycles. The maximum atomic E-state index is 12.0. The molecule has 0 aromatic heterocycles. The number of carboxylic acid groups (broad SMARTS) is 1. The molecule has 2 saturated carbocycles. The van der Waals surface area contributed by atoms with Crippen molar-refractivity contribution in [3.8, 4) is 0 Å². The molecule has 4 nitrogen and oxygen atoms in total. The molecule has 2 fully saturated rings. The number of carbonyl (C=O) groups excluding carboxylic acids is 1. The molecule has 4 heteroatoms. The van der Waals surface area contributed by atoms with Crippen molar-refractivity contribution in [2.45, 2.75) is 78.6 Å². The third kappa shape index (κ3) is 3.92. The summed E-state index contributed by atoms with van der Waals surface area (Å²) in [5, 5.41) is 8.76. The predicted molar refractivity (Wildman–Crippen MR) is 110 cm³/mol. The molecule has 3 aliphatic rings. The summed E-state index contributed by atoms with van der Waals surface area (Å²) >= 11 is 0. The van der Waals surface area contributed by atoms with Gasteiger partial charge in [-0.2, -0.15) is 0 Å². The topological polar surface area (TPSA) is 63.6 Å². The Hall–Kier alpha value is -1.58. The lowest BCUT2D eigenvalue weighted by Crippen LogP contribution is -2.51. The molecule has 28 heavy (non-hydrogen) atoms. The highest BCUT2D eigenvalue weighted by Gasteiger charge is 2.55. The van der Waals surface area contributed by atoms with E-state index in [0.29, 0.717) is 18.4 Å². The van der Waals surface area contributed by atoms with E-state index in [0.717, 1.165) is 19.3 Å². The monoisotopic (exact) mass is 388 g/mol. The van der Waals surface area contributed by atoms with Crippen molar-refractivity contribution < 1.29 is 19.4 Å². The van der Waals surface area contributed by atoms with E-state index >= 15 is 0 Å². The fourth-order valence-electron chi connectivity index (χ4n) is 6.45. The zero-order valence-electron chi connectivity index (χ0n) is 17.8. The molecule has 3 aliphatic carbocycles. The van der Waals surface area contributed by atoms with Crippen LogP contribution in [0.2, 0.25) is 0 Å². The van der Waals surface area contributed by atoms with Gasteiger partial charge in [0.15, 0.2) is 0 Å². The lowest BCUT2D eigenvalue weighted by molar-refractivity contribution is -0.155. The Morgan fingerprint density at radius 1 is 1.25 bits per heavy atom. The van der Waals surface area contributed by atoms with Crippen molar-refractivity contribution in [1.82, 2.24) is 0 Å². The molecule has 1 N–H and O–H groups in total. The summed E-state index contributed by atoms with van der Waals surface area (Å²) in [6.45, 7) is 11.5. The first kappa shape index (κ1) is 21.1. The smallest absolute Gasteiger partial charge is 0.306 e. The van der Waals surface area contributed by atoms with Gasteiger partial charge in [-0.3, -0.25) is 9.59 Å². The first-order valence-electron chi connectivity index (χ1n) is 10.8. The van der Waals surface area contributed by atoms with Crippen LogP contribution in [-0.4, -0.2) is 23.7 Å². The zero-order valence-corrected chi connectivity index (χ0v) is 17.8. The summed E-state index contributed by atoms with van der Waals surface area (Å²) in [4.78, 5) is 22.7. The van der Waals surface area contributed by atoms with Crippen LogP contribution in [0.5, 0.6) is 0 Å². The minimum absolute atomic E-state index is 0.0309. The minimum Gasteiger partial charge on any atom is -0.481 e. The van der Waals surface area contributed by atoms with Gasteiger partial charge < -0.3 is 9.84 Å². The third-order valence-corrected chi connectivity index (χ3v) is 8.06. The SMILES string of the molecule is C=C[C@@]1(C)CC=C2[C@@H](CC[C@@H]3[C@](C)(COC(=O)CCC(=O)O)CCC[C@@]23C)C1. The number of carboxylic acids is 1. The molecule has 5 atom stereocenters. The molecular formula is C24H36O4. The second kappa shape index (κ2) is 7.68. The molecule has 156 valence electrons. The van der Waals surface area contributed by atoms with Gasteiger partial charge in [0, 0.05) is 5.41 Å². The van der Waals surface area contributed by atoms with E-state index in [9.17, 15) is 9.59 Å². The van der Waals surface area contributed by atoms with Gasteiger partial charge in [0.25, 0.3) is 0 Å². The second-order valence-corrected chi connectivity index (χ2v) is 10.2. The van der Waals surface area contributed by atoms with Crippen molar-refractivity contribution in [2.24, 2.45) is 28.1 Å². The van der Waals surface area contributed by atoms with Crippen molar-refractivity contribution in [2.75, 3.05) is 6.61 Å². The van der Waals surface area contributed by atoms with Crippen molar-refractivity contribution in [1.29, 1.82) is 0 Å². The average molecular weight is 389 g/mol. The van der Waals surface area contributed by atoms with Crippen LogP contribution in [-0.2, 0) is 14.3 Å². The molecule has 0 aromatic carbocycles. The standard InChI is InChI=1S/C24H36O4/c1-5-22(2)14-11-18-17(15-22)7-8-19-23(3,12-6-13-24(18,19)4)16-28-21(27)10-9-20(25)26/h5,11,17,19H,1,6-10,12-16H2,2-4H3,(H,25,26)/t17-,19+,22-,23-,24-/m0/s1. The van der Waals surface area contributed by atoms with Gasteiger partial charge in [-0.15, -0.1) is 6.58 Å². The maximum absolute atomic E-state index is 12.0. The van der Waals surface area contributed by atoms with Crippen molar-refractivity contribution >= 4 is 11.9 Å². The Morgan fingerprint density at radius 2 is 2.00 bits per heavy atom. The number of fused-ring (bicyclic) bond motifs is 3. The second-order valence-electron chi connectivity index (χ2n) is 10.2. The molecule has 0 bridgehead atoms. The number of ether oxygens (including phenoxy) is 1. The average Bonchev–Trinajstić information content (AvgIpc) is 2.64. The van der Waals surface area contributed by atoms with Gasteiger partial charge in [-0.1, -0.05) is 44.9 Å². The van der Waals surface area contributed by atoms with Gasteiger partial charge in [0.05, 0.1) is 19.4 Å². The van der Waals surface area contributed by atoms with Gasteiger partial charge in [-0.05, 0) is 61.2 Å². The van der Waals surface area contributed by atoms with Crippen LogP contribution < -0.4 is 0 Å². The van der Waals surface area contributed by atoms with Crippen LogP contribution >= 0.6 is 0 Å². The summed E-state index contributed by atoms with van der Waals surface area (Å²) in [6.07, 6.45) is 12.5. The van der Waals surface area contributed by atoms with Crippen LogP contribution in [0.1, 0.15) is 78.6 Å². The Kier molecular flexibility index (Phi) is 5.80. The van der Waals surface area contributed by atoms with Crippen molar-refractivity contribution in [3.05, 3.63) is 24.3 Å². The number of aliphatic carboxylic acids is 1. The summed E-state index contributed by atoms with van der Waals surface area (Å²) in [5.41, 5.74) is 2.02. The molecule has 0 aliphatic heterocycles. The Morgan fingerprint density at radius 3 is 2.68 bits per heavy atom. The molecule has 0 spiro atoms. The van der Waals surface area contributed by atoms with Crippen LogP contribution in [0.15, 0.2) is 24.3 Å². The number of rotatable bonds is 6. The molecule has 0 heterocycles. The largest absolute Gasteiger partial charge is 0.481 e. The Labute approximate surface area is 169 Å². The van der Waals surface area contributed by atoms with E-state index in [1.54, 1.807) is 5.57 Å². The molecule has 0 radical (unpaired) electrons. The first-order valence-corrected chi connectivity index (χ1v) is 10.8. The fourth-order valence-corrected chi connectivity index (χ4v) is 6.45. The van der Waals surface area contributed by atoms with Crippen LogP contribution in [0.4, 0.5) is 0 Å². The van der Waals surface area contributed by atoms with Crippen LogP contribution in [0.3, 0.4) is 0 Å². The van der Waals surface area contributed by atoms with Gasteiger partial charge in [0.1, 0.15) is 0 Å². The van der Waals surface area contributed by atoms with E-state index in [1.807, 2.05) is 0 Å². The highest BCUT2D eigenvalue weighted by molar-refractivity contribution is 5.76. The van der Waals surface area contributed by atoms with E-state index in [2.05, 4.69) is 39.5 Å². The third-order valence-electron chi connectivity index (χ3n) is 8.06. The molecular weight excluding hydrogens is 352 g/mol. The molecule has 0 aromatic rings. The fraction of sp³-hybridized carbons (Fsp3) is 0.750. The van der Waals surface area contributed by atoms with Crippen molar-refractivity contribution in [3.63, 3.8) is 0 Å². The summed E-state index contributed by atoms with van der Waals surface area (Å²) in [5.74, 6) is -0.180. The van der Waals surface area contributed by atoms with E-state index in [1.165, 1.54) is 25.7 Å². The number of hydrogen-bond donors (Lipinski definition) is 1. The predicted octanol–water partition coefficient (Wildman–Crippen LogP) is 5.53. The van der Waals surface area contributed by atoms with Gasteiger partial charge >= 0.3 is 11.9 Å². The first-order chi connectivity index (χ1) is 13.1. The Bertz CT molecular complexity index is 680. The number of allylic oxidation sites excluding steroid dienone is 3. The van der Waals surface area contributed by atoms with Crippen LogP contribution in [0.25, 0.3) is 0 Å². The number of hydrogen-bond acceptors (Lipinski definition) is 3. The summed E-state index contributed by atoms with van der Waals surface area (Å²) in [7, 11) is 0. The molecule has 3 rings (SSSR count). The van der Waals surface area contributed by atoms with Gasteiger partial charge in [0.2, 0.25) is 0 Å². The van der Waals surface area contributed by atoms with E-state index in [4.69, 9.17) is 9.84 Å². The quantitative estimate of drug-likeness (QED) is 0.480. The maximum Gasteiger partial charge on any atom is 0.306 e. The van der Waals surface area contributed by atoms with E-state index < -0.39 is 5.97 Å². The zero-order chi connectivity index (χ0) is 20.6. The highest BCUT2D eigenvalue weighted by Crippen LogP contribution is 2.63. The molecule has 0 unspecified atom stereocenters. The highest BCUT2D eigenvalue weighted by atomic mass is 16.5. The lowest BCUT2D eigenvalue weighted by atomic mass is 9.46. The normalized spacial score (nSPS) is 39.9. The number of esters is 1. The van der Waals surface area contributed by atoms with Gasteiger partial charge in [-0.25, -0.2) is 0 Å². The summed E-state index contributed by atoms with van der Waals surface area (Å²) in [6, 6.07) is 0. The summed E-state index contributed by atoms with van der Waals surface area (Å²) < 4.78 is 5.58. The Balaban J connectivity index is 1.75. The van der Waals surface area contributed by atoms with E-state index in [-0.39, 0.29) is 35.1 Å².